The zero-order valence-electron chi connectivity index (χ0n) is 42.8. The van der Waals surface area contributed by atoms with Gasteiger partial charge in [0.15, 0.2) is 5.78 Å². The highest BCUT2D eigenvalue weighted by molar-refractivity contribution is 6.11. The van der Waals surface area contributed by atoms with E-state index in [0.29, 0.717) is 0 Å². The molecule has 17 rings (SSSR count). The maximum absolute atomic E-state index is 16.3. The normalized spacial score (nSPS) is 14.7. The van der Waals surface area contributed by atoms with Gasteiger partial charge in [-0.1, -0.05) is 206 Å². The Morgan fingerprint density at radius 1 is 0.359 bits per heavy atom. The topological polar surface area (TPSA) is 26.9 Å². The molecule has 0 N–H and O–H groups in total. The number of allylic oxidation sites excluding steroid dienone is 4. The van der Waals surface area contributed by atoms with E-state index in [1.165, 1.54) is 93.9 Å². The second kappa shape index (κ2) is 15.9. The quantitative estimate of drug-likeness (QED) is 0.153. The standard InChI is InChI=1S/C75H48N2O/c1-2-19-49-50-20-3-14-31-64(50)75(68(49)45-73(78)46-36-39-54-53-23-6-13-30-63(53)74(65(54)42-46)61-28-11-4-21-51(61)52-22-5-12-29-62(52)74)66-43-47(76-69-32-15-7-24-57(69)58-25-8-16-33-70(58)76)37-40-55(66)56-41-38-48(44-67(56)75)77-71-34-17-9-26-59(71)60-27-10-18-35-72(60)77/h2-44H,45H2,1H3/b19-2-. The molecule has 4 aliphatic rings. The molecule has 0 saturated carbocycles. The highest BCUT2D eigenvalue weighted by Gasteiger charge is 2.55. The molecule has 0 unspecified atom stereocenters. The van der Waals surface area contributed by atoms with Gasteiger partial charge in [-0.25, -0.2) is 0 Å². The summed E-state index contributed by atoms with van der Waals surface area (Å²) in [6.45, 7) is 2.10. The minimum absolute atomic E-state index is 0.0970. The van der Waals surface area contributed by atoms with E-state index in [-0.39, 0.29) is 12.2 Å². The number of nitrogens with zero attached hydrogens (tertiary/aromatic N) is 2. The molecular weight excluding hydrogens is 945 g/mol. The molecule has 0 amide bonds. The summed E-state index contributed by atoms with van der Waals surface area (Å²) >= 11 is 0. The van der Waals surface area contributed by atoms with Gasteiger partial charge in [-0.2, -0.15) is 0 Å². The Balaban J connectivity index is 0.920. The molecule has 13 aromatic rings. The van der Waals surface area contributed by atoms with Gasteiger partial charge < -0.3 is 9.13 Å². The molecule has 0 aliphatic heterocycles. The number of ketones is 1. The lowest BCUT2D eigenvalue weighted by atomic mass is 9.67. The number of aromatic nitrogens is 2. The fourth-order valence-corrected chi connectivity index (χ4v) is 15.3. The number of hydrogen-bond acceptors (Lipinski definition) is 1. The predicted molar refractivity (Wildman–Crippen MR) is 320 cm³/mol. The number of carbonyl (C=O) groups excluding carboxylic acids is 1. The van der Waals surface area contributed by atoms with Crippen molar-refractivity contribution in [1.82, 2.24) is 9.13 Å². The summed E-state index contributed by atoms with van der Waals surface area (Å²) in [7, 11) is 0. The Labute approximate surface area is 451 Å². The van der Waals surface area contributed by atoms with Crippen LogP contribution in [0.3, 0.4) is 0 Å². The smallest absolute Gasteiger partial charge is 0.166 e. The van der Waals surface area contributed by atoms with Crippen molar-refractivity contribution in [2.45, 2.75) is 24.2 Å². The Morgan fingerprint density at radius 3 is 1.14 bits per heavy atom. The highest BCUT2D eigenvalue weighted by Crippen LogP contribution is 2.65. The van der Waals surface area contributed by atoms with Gasteiger partial charge >= 0.3 is 0 Å². The van der Waals surface area contributed by atoms with E-state index >= 15 is 4.79 Å². The third-order valence-electron chi connectivity index (χ3n) is 18.2. The molecular formula is C75H48N2O. The van der Waals surface area contributed by atoms with Crippen molar-refractivity contribution < 1.29 is 4.79 Å². The number of fused-ring (bicyclic) bond motifs is 23. The average Bonchev–Trinajstić information content (AvgIpc) is 4.50. The minimum atomic E-state index is -0.840. The summed E-state index contributed by atoms with van der Waals surface area (Å²) in [6, 6.07) is 91.5. The van der Waals surface area contributed by atoms with Crippen molar-refractivity contribution in [3.63, 3.8) is 0 Å². The fraction of sp³-hybridized carbons (Fsp3) is 0.0533. The monoisotopic (exact) mass is 992 g/mol. The van der Waals surface area contributed by atoms with E-state index in [1.807, 2.05) is 0 Å². The molecule has 364 valence electrons. The zero-order chi connectivity index (χ0) is 51.4. The average molecular weight is 993 g/mol. The van der Waals surface area contributed by atoms with Gasteiger partial charge in [-0.05, 0) is 151 Å². The highest BCUT2D eigenvalue weighted by atomic mass is 16.1. The van der Waals surface area contributed by atoms with Crippen LogP contribution in [0.1, 0.15) is 68.2 Å². The SMILES string of the molecule is C/C=C\C1=C(CC(=O)c2ccc3c(c2)C2(c4ccccc4-c4ccccc42)c2ccccc2-3)C2(c3ccccc31)c1cc(-n3c4ccccc4c4ccccc43)ccc1-c1ccc(-n3c4ccccc4c4ccccc43)cc12. The maximum atomic E-state index is 16.3. The first kappa shape index (κ1) is 43.4. The number of hydrogen-bond donors (Lipinski definition) is 0. The maximum Gasteiger partial charge on any atom is 0.166 e. The van der Waals surface area contributed by atoms with Crippen LogP contribution in [0.15, 0.2) is 266 Å². The predicted octanol–water partition coefficient (Wildman–Crippen LogP) is 18.2. The van der Waals surface area contributed by atoms with Crippen molar-refractivity contribution in [2.24, 2.45) is 0 Å². The second-order valence-corrected chi connectivity index (χ2v) is 21.6. The van der Waals surface area contributed by atoms with Gasteiger partial charge in [0.25, 0.3) is 0 Å². The summed E-state index contributed by atoms with van der Waals surface area (Å²) in [4.78, 5) is 16.3. The Hall–Kier alpha value is -9.83. The molecule has 11 aromatic carbocycles. The van der Waals surface area contributed by atoms with Crippen molar-refractivity contribution in [3.8, 4) is 44.8 Å². The molecule has 2 spiro atoms. The van der Waals surface area contributed by atoms with Crippen molar-refractivity contribution in [2.75, 3.05) is 0 Å². The molecule has 78 heavy (non-hydrogen) atoms. The Kier molecular flexibility index (Phi) is 8.83. The molecule has 4 aliphatic carbocycles. The summed E-state index contributed by atoms with van der Waals surface area (Å²) in [5, 5.41) is 4.89. The minimum Gasteiger partial charge on any atom is -0.309 e. The lowest BCUT2D eigenvalue weighted by Crippen LogP contribution is -2.29. The zero-order valence-corrected chi connectivity index (χ0v) is 42.8. The first-order valence-electron chi connectivity index (χ1n) is 27.3. The van der Waals surface area contributed by atoms with E-state index in [2.05, 4.69) is 277 Å². The van der Waals surface area contributed by atoms with E-state index in [9.17, 15) is 0 Å². The summed E-state index contributed by atoms with van der Waals surface area (Å²) in [5.74, 6) is 0.0970. The number of benzene rings is 11. The van der Waals surface area contributed by atoms with Crippen LogP contribution in [-0.2, 0) is 10.8 Å². The molecule has 0 saturated heterocycles. The first-order valence-corrected chi connectivity index (χ1v) is 27.3. The van der Waals surface area contributed by atoms with Crippen LogP contribution in [0.25, 0.3) is 93.9 Å². The number of para-hydroxylation sites is 4. The third kappa shape index (κ3) is 5.40. The van der Waals surface area contributed by atoms with E-state index < -0.39 is 10.8 Å². The van der Waals surface area contributed by atoms with Crippen LogP contribution in [0.4, 0.5) is 0 Å². The van der Waals surface area contributed by atoms with Gasteiger partial charge in [0, 0.05) is 44.9 Å². The van der Waals surface area contributed by atoms with Gasteiger partial charge in [-0.3, -0.25) is 4.79 Å². The number of rotatable bonds is 6. The molecule has 2 heterocycles. The Bertz CT molecular complexity index is 4540. The van der Waals surface area contributed by atoms with Gasteiger partial charge in [0.1, 0.15) is 0 Å². The molecule has 0 radical (unpaired) electrons. The van der Waals surface area contributed by atoms with E-state index in [4.69, 9.17) is 0 Å². The molecule has 2 aromatic heterocycles. The molecule has 0 atom stereocenters. The van der Waals surface area contributed by atoms with Crippen LogP contribution in [0.2, 0.25) is 0 Å². The number of Topliss-reactive ketones (excluding diaryl/α,β-unsaturated/α-hetero) is 1. The van der Waals surface area contributed by atoms with Crippen LogP contribution in [-0.4, -0.2) is 14.9 Å². The van der Waals surface area contributed by atoms with Crippen LogP contribution in [0, 0.1) is 0 Å². The van der Waals surface area contributed by atoms with Crippen LogP contribution in [0.5, 0.6) is 0 Å². The first-order chi connectivity index (χ1) is 38.6. The molecule has 0 bridgehead atoms. The summed E-state index contributed by atoms with van der Waals surface area (Å²) in [5.41, 5.74) is 25.3. The van der Waals surface area contributed by atoms with Crippen LogP contribution < -0.4 is 0 Å². The summed E-state index contributed by atoms with van der Waals surface area (Å²) < 4.78 is 4.87. The second-order valence-electron chi connectivity index (χ2n) is 21.6. The van der Waals surface area contributed by atoms with Crippen LogP contribution >= 0.6 is 0 Å². The molecule has 3 heteroatoms. The third-order valence-corrected chi connectivity index (χ3v) is 18.2. The number of carbonyl (C=O) groups is 1. The van der Waals surface area contributed by atoms with E-state index in [1.54, 1.807) is 0 Å². The fourth-order valence-electron chi connectivity index (χ4n) is 15.3. The van der Waals surface area contributed by atoms with Crippen molar-refractivity contribution >= 4 is 55.0 Å². The summed E-state index contributed by atoms with van der Waals surface area (Å²) in [6.07, 6.45) is 4.63. The molecule has 0 fully saturated rings. The van der Waals surface area contributed by atoms with Crippen molar-refractivity contribution in [3.05, 3.63) is 317 Å². The van der Waals surface area contributed by atoms with Crippen molar-refractivity contribution in [1.29, 1.82) is 0 Å². The van der Waals surface area contributed by atoms with Gasteiger partial charge in [0.2, 0.25) is 0 Å². The molecule has 3 nitrogen and oxygen atoms in total. The lowest BCUT2D eigenvalue weighted by Gasteiger charge is -2.33. The lowest BCUT2D eigenvalue weighted by molar-refractivity contribution is 0.0990. The Morgan fingerprint density at radius 2 is 0.705 bits per heavy atom. The van der Waals surface area contributed by atoms with E-state index in [0.717, 1.165) is 55.7 Å². The van der Waals surface area contributed by atoms with Gasteiger partial charge in [-0.15, -0.1) is 0 Å². The van der Waals surface area contributed by atoms with Gasteiger partial charge in [0.05, 0.1) is 32.9 Å². The largest absolute Gasteiger partial charge is 0.309 e.